The summed E-state index contributed by atoms with van der Waals surface area (Å²) in [5.74, 6) is 0.287. The molecule has 0 atom stereocenters. The molecule has 1 fully saturated rings. The molecule has 1 aromatic heterocycles. The molecule has 0 unspecified atom stereocenters. The van der Waals surface area contributed by atoms with E-state index in [1.807, 2.05) is 59.7 Å². The van der Waals surface area contributed by atoms with Crippen LogP contribution in [0.25, 0.3) is 11.1 Å². The quantitative estimate of drug-likeness (QED) is 0.438. The second kappa shape index (κ2) is 10.6. The number of piperidine rings is 1. The maximum Gasteiger partial charge on any atom is 0.275 e. The van der Waals surface area contributed by atoms with Crippen LogP contribution in [0.1, 0.15) is 52.7 Å². The van der Waals surface area contributed by atoms with E-state index in [2.05, 4.69) is 22.9 Å². The first-order valence-electron chi connectivity index (χ1n) is 11.4. The van der Waals surface area contributed by atoms with Crippen molar-refractivity contribution in [3.63, 3.8) is 0 Å². The van der Waals surface area contributed by atoms with E-state index < -0.39 is 0 Å². The number of hydrogen-bond donors (Lipinski definition) is 1. The molecule has 1 aliphatic heterocycles. The Morgan fingerprint density at radius 2 is 1.94 bits per heavy atom. The van der Waals surface area contributed by atoms with Gasteiger partial charge in [-0.05, 0) is 43.9 Å². The molecule has 0 saturated carbocycles. The molecular formula is C27H29N3O2S. The minimum Gasteiger partial charge on any atom is -0.343 e. The van der Waals surface area contributed by atoms with Crippen molar-refractivity contribution in [2.75, 3.05) is 18.4 Å². The Morgan fingerprint density at radius 3 is 2.67 bits per heavy atom. The van der Waals surface area contributed by atoms with Gasteiger partial charge in [-0.3, -0.25) is 9.59 Å². The van der Waals surface area contributed by atoms with Crippen LogP contribution in [0.3, 0.4) is 0 Å². The summed E-state index contributed by atoms with van der Waals surface area (Å²) >= 11 is 1.53. The zero-order valence-corrected chi connectivity index (χ0v) is 19.7. The van der Waals surface area contributed by atoms with Crippen LogP contribution in [-0.2, 0) is 4.79 Å². The van der Waals surface area contributed by atoms with Gasteiger partial charge in [0.2, 0.25) is 5.91 Å². The molecule has 0 radical (unpaired) electrons. The number of anilines is 1. The Balaban J connectivity index is 1.42. The molecule has 2 aromatic carbocycles. The summed E-state index contributed by atoms with van der Waals surface area (Å²) in [5.41, 5.74) is 4.41. The first-order valence-corrected chi connectivity index (χ1v) is 12.2. The Kier molecular flexibility index (Phi) is 7.35. The Hall–Kier alpha value is -3.25. The average Bonchev–Trinajstić information content (AvgIpc) is 3.35. The van der Waals surface area contributed by atoms with Crippen LogP contribution in [0.2, 0.25) is 0 Å². The Labute approximate surface area is 199 Å². The van der Waals surface area contributed by atoms with E-state index in [1.165, 1.54) is 11.3 Å². The zero-order chi connectivity index (χ0) is 23.2. The van der Waals surface area contributed by atoms with Gasteiger partial charge in [0, 0.05) is 42.1 Å². The van der Waals surface area contributed by atoms with Gasteiger partial charge in [-0.15, -0.1) is 17.9 Å². The van der Waals surface area contributed by atoms with E-state index in [9.17, 15) is 9.59 Å². The number of aromatic nitrogens is 1. The number of hydrogen-bond acceptors (Lipinski definition) is 4. The molecular weight excluding hydrogens is 430 g/mol. The van der Waals surface area contributed by atoms with Gasteiger partial charge in [0.1, 0.15) is 5.69 Å². The number of likely N-dealkylation sites (tertiary alicyclic amines) is 1. The van der Waals surface area contributed by atoms with Crippen molar-refractivity contribution >= 4 is 28.8 Å². The molecule has 3 aromatic rings. The predicted molar refractivity (Wildman–Crippen MR) is 135 cm³/mol. The van der Waals surface area contributed by atoms with Gasteiger partial charge >= 0.3 is 0 Å². The van der Waals surface area contributed by atoms with Crippen LogP contribution in [0.5, 0.6) is 0 Å². The van der Waals surface area contributed by atoms with E-state index in [1.54, 1.807) is 6.08 Å². The third-order valence-electron chi connectivity index (χ3n) is 6.02. The lowest BCUT2D eigenvalue weighted by atomic mass is 9.97. The summed E-state index contributed by atoms with van der Waals surface area (Å²) in [6.45, 7) is 7.21. The second-order valence-electron chi connectivity index (χ2n) is 8.42. The summed E-state index contributed by atoms with van der Waals surface area (Å²) in [7, 11) is 0. The zero-order valence-electron chi connectivity index (χ0n) is 18.9. The number of rotatable bonds is 7. The van der Waals surface area contributed by atoms with Crippen molar-refractivity contribution in [1.29, 1.82) is 0 Å². The molecule has 1 aliphatic rings. The van der Waals surface area contributed by atoms with Gasteiger partial charge in [-0.2, -0.15) is 0 Å². The van der Waals surface area contributed by atoms with E-state index >= 15 is 0 Å². The maximum atomic E-state index is 13.0. The highest BCUT2D eigenvalue weighted by Gasteiger charge is 2.26. The molecule has 0 aliphatic carbocycles. The highest BCUT2D eigenvalue weighted by molar-refractivity contribution is 7.10. The first kappa shape index (κ1) is 22.9. The topological polar surface area (TPSA) is 62.3 Å². The fraction of sp³-hybridized carbons (Fsp3) is 0.296. The highest BCUT2D eigenvalue weighted by Crippen LogP contribution is 2.32. The molecule has 5 nitrogen and oxygen atoms in total. The summed E-state index contributed by atoms with van der Waals surface area (Å²) in [6.07, 6.45) is 4.79. The van der Waals surface area contributed by atoms with Gasteiger partial charge in [0.15, 0.2) is 0 Å². The predicted octanol–water partition coefficient (Wildman–Crippen LogP) is 6.04. The lowest BCUT2D eigenvalue weighted by Crippen LogP contribution is -2.37. The SMILES string of the molecule is C=CCCC(=O)N1CCC(c2nc(C(=O)Nc3ccc(C)cc3-c3ccccc3)cs2)CC1. The minimum absolute atomic E-state index is 0.194. The first-order chi connectivity index (χ1) is 16.0. The summed E-state index contributed by atoms with van der Waals surface area (Å²) in [5, 5.41) is 5.87. The standard InChI is InChI=1S/C27H29N3O2S/c1-3-4-10-25(31)30-15-13-21(14-16-30)27-29-24(18-33-27)26(32)28-23-12-11-19(2)17-22(23)20-8-6-5-7-9-20/h3,5-9,11-12,17-18,21H,1,4,10,13-16H2,2H3,(H,28,32). The Morgan fingerprint density at radius 1 is 1.18 bits per heavy atom. The van der Waals surface area contributed by atoms with Crippen molar-refractivity contribution in [2.45, 2.75) is 38.5 Å². The van der Waals surface area contributed by atoms with Gasteiger partial charge in [0.25, 0.3) is 5.91 Å². The molecule has 2 heterocycles. The van der Waals surface area contributed by atoms with Crippen LogP contribution >= 0.6 is 11.3 Å². The number of benzene rings is 2. The molecule has 6 heteroatoms. The number of nitrogens with one attached hydrogen (secondary N) is 1. The van der Waals surface area contributed by atoms with Crippen molar-refractivity contribution in [3.05, 3.63) is 82.8 Å². The van der Waals surface area contributed by atoms with Gasteiger partial charge in [-0.25, -0.2) is 4.98 Å². The van der Waals surface area contributed by atoms with E-state index in [0.29, 0.717) is 18.0 Å². The molecule has 0 bridgehead atoms. The van der Waals surface area contributed by atoms with Gasteiger partial charge in [-0.1, -0.05) is 48.0 Å². The van der Waals surface area contributed by atoms with Crippen LogP contribution in [0.4, 0.5) is 5.69 Å². The molecule has 4 rings (SSSR count). The van der Waals surface area contributed by atoms with Crippen LogP contribution < -0.4 is 5.32 Å². The van der Waals surface area contributed by atoms with Gasteiger partial charge < -0.3 is 10.2 Å². The fourth-order valence-corrected chi connectivity index (χ4v) is 5.12. The monoisotopic (exact) mass is 459 g/mol. The molecule has 0 spiro atoms. The Bertz CT molecular complexity index is 1130. The molecule has 1 N–H and O–H groups in total. The van der Waals surface area contributed by atoms with E-state index in [0.717, 1.165) is 59.7 Å². The molecule has 170 valence electrons. The molecule has 2 amide bonds. The summed E-state index contributed by atoms with van der Waals surface area (Å²) in [4.78, 5) is 31.8. The number of nitrogens with zero attached hydrogens (tertiary/aromatic N) is 2. The summed E-state index contributed by atoms with van der Waals surface area (Å²) < 4.78 is 0. The second-order valence-corrected chi connectivity index (χ2v) is 9.31. The van der Waals surface area contributed by atoms with Crippen LogP contribution in [0, 0.1) is 6.92 Å². The average molecular weight is 460 g/mol. The third kappa shape index (κ3) is 5.57. The molecule has 1 saturated heterocycles. The lowest BCUT2D eigenvalue weighted by molar-refractivity contribution is -0.132. The third-order valence-corrected chi connectivity index (χ3v) is 7.03. The number of thiazole rings is 1. The number of amides is 2. The number of allylic oxidation sites excluding steroid dienone is 1. The van der Waals surface area contributed by atoms with Crippen LogP contribution in [0.15, 0.2) is 66.6 Å². The highest BCUT2D eigenvalue weighted by atomic mass is 32.1. The number of carbonyl (C=O) groups is 2. The smallest absolute Gasteiger partial charge is 0.275 e. The number of carbonyl (C=O) groups excluding carboxylic acids is 2. The van der Waals surface area contributed by atoms with E-state index in [4.69, 9.17) is 0 Å². The minimum atomic E-state index is -0.199. The van der Waals surface area contributed by atoms with Crippen molar-refractivity contribution in [3.8, 4) is 11.1 Å². The van der Waals surface area contributed by atoms with Crippen molar-refractivity contribution in [2.24, 2.45) is 0 Å². The van der Waals surface area contributed by atoms with E-state index in [-0.39, 0.29) is 11.8 Å². The summed E-state index contributed by atoms with van der Waals surface area (Å²) in [6, 6.07) is 16.1. The van der Waals surface area contributed by atoms with Crippen molar-refractivity contribution in [1.82, 2.24) is 9.88 Å². The van der Waals surface area contributed by atoms with Gasteiger partial charge in [0.05, 0.1) is 5.01 Å². The normalized spacial score (nSPS) is 14.2. The van der Waals surface area contributed by atoms with Crippen LogP contribution in [-0.4, -0.2) is 34.8 Å². The lowest BCUT2D eigenvalue weighted by Gasteiger charge is -2.31. The fourth-order valence-electron chi connectivity index (χ4n) is 4.15. The maximum absolute atomic E-state index is 13.0. The molecule has 33 heavy (non-hydrogen) atoms. The number of aryl methyl sites for hydroxylation is 1. The largest absolute Gasteiger partial charge is 0.343 e. The van der Waals surface area contributed by atoms with Crippen molar-refractivity contribution < 1.29 is 9.59 Å².